The van der Waals surface area contributed by atoms with Crippen molar-refractivity contribution in [2.45, 2.75) is 85.6 Å². The van der Waals surface area contributed by atoms with Gasteiger partial charge < -0.3 is 14.8 Å². The molecule has 0 aliphatic heterocycles. The molecule has 5 heteroatoms. The number of phenols is 1. The number of hydrogen-bond acceptors (Lipinski definition) is 3. The van der Waals surface area contributed by atoms with Gasteiger partial charge >= 0.3 is 5.97 Å². The van der Waals surface area contributed by atoms with Gasteiger partial charge in [-0.2, -0.15) is 0 Å². The molecule has 0 radical (unpaired) electrons. The highest BCUT2D eigenvalue weighted by Crippen LogP contribution is 2.32. The quantitative estimate of drug-likeness (QED) is 0.650. The van der Waals surface area contributed by atoms with E-state index in [0.717, 1.165) is 47.4 Å². The van der Waals surface area contributed by atoms with Gasteiger partial charge in [0.25, 0.3) is 5.56 Å². The van der Waals surface area contributed by atoms with Crippen molar-refractivity contribution in [3.8, 4) is 16.9 Å². The normalized spacial score (nSPS) is 14.3. The predicted molar refractivity (Wildman–Crippen MR) is 136 cm³/mol. The molecule has 4 rings (SSSR count). The number of fused-ring (bicyclic) bond motifs is 1. The van der Waals surface area contributed by atoms with E-state index in [-0.39, 0.29) is 11.3 Å². The van der Waals surface area contributed by atoms with Crippen LogP contribution in [0.2, 0.25) is 0 Å². The average Bonchev–Trinajstić information content (AvgIpc) is 3.65. The molecule has 1 fully saturated rings. The molecular weight excluding hydrogens is 414 g/mol. The van der Waals surface area contributed by atoms with Gasteiger partial charge in [-0.15, -0.1) is 0 Å². The van der Waals surface area contributed by atoms with E-state index < -0.39 is 11.4 Å². The van der Waals surface area contributed by atoms with Crippen LogP contribution in [-0.2, 0) is 4.79 Å². The van der Waals surface area contributed by atoms with E-state index in [1.54, 1.807) is 26.0 Å². The second kappa shape index (κ2) is 11.9. The van der Waals surface area contributed by atoms with E-state index in [1.807, 2.05) is 29.7 Å². The fourth-order valence-electron chi connectivity index (χ4n) is 3.20. The fourth-order valence-corrected chi connectivity index (χ4v) is 3.20. The van der Waals surface area contributed by atoms with Crippen molar-refractivity contribution < 1.29 is 15.0 Å². The molecule has 0 unspecified atom stereocenters. The Bertz CT molecular complexity index is 1100. The largest absolute Gasteiger partial charge is 0.508 e. The molecule has 2 aromatic rings. The predicted octanol–water partition coefficient (Wildman–Crippen LogP) is 5.22. The molecule has 0 atom stereocenters. The maximum absolute atomic E-state index is 12.9. The monoisotopic (exact) mass is 453 g/mol. The molecule has 1 aromatic heterocycles. The molecule has 0 bridgehead atoms. The second-order valence-electron chi connectivity index (χ2n) is 9.38. The molecule has 0 saturated heterocycles. The minimum atomic E-state index is -0.722. The molecular formula is C28H39NO4. The Morgan fingerprint density at radius 1 is 1.03 bits per heavy atom. The van der Waals surface area contributed by atoms with Crippen molar-refractivity contribution >= 4 is 18.1 Å². The molecule has 2 aliphatic carbocycles. The van der Waals surface area contributed by atoms with Crippen molar-refractivity contribution in [3.63, 3.8) is 0 Å². The highest BCUT2D eigenvalue weighted by Gasteiger charge is 2.27. The van der Waals surface area contributed by atoms with Gasteiger partial charge in [0.05, 0.1) is 5.41 Å². The number of unbranched alkanes of at least 4 members (excludes halogenated alkanes) is 1. The summed E-state index contributed by atoms with van der Waals surface area (Å²) in [5.74, 6) is -0.501. The summed E-state index contributed by atoms with van der Waals surface area (Å²) < 4.78 is 1.98. The third kappa shape index (κ3) is 7.08. The van der Waals surface area contributed by atoms with Gasteiger partial charge in [0.15, 0.2) is 0 Å². The number of aliphatic carboxylic acids is 1. The van der Waals surface area contributed by atoms with Crippen molar-refractivity contribution in [1.29, 1.82) is 0 Å². The van der Waals surface area contributed by atoms with Gasteiger partial charge in [-0.1, -0.05) is 57.9 Å². The Hall–Kier alpha value is -2.82. The highest BCUT2D eigenvalue weighted by atomic mass is 16.4. The maximum Gasteiger partial charge on any atom is 0.309 e. The van der Waals surface area contributed by atoms with E-state index in [9.17, 15) is 14.7 Å². The van der Waals surface area contributed by atoms with Crippen LogP contribution >= 0.6 is 0 Å². The van der Waals surface area contributed by atoms with Gasteiger partial charge in [-0.25, -0.2) is 0 Å². The topological polar surface area (TPSA) is 79.5 Å². The Labute approximate surface area is 197 Å². The van der Waals surface area contributed by atoms with Crippen molar-refractivity contribution in [2.75, 3.05) is 0 Å². The van der Waals surface area contributed by atoms with E-state index in [2.05, 4.69) is 26.0 Å². The Kier molecular flexibility index (Phi) is 9.51. The molecule has 2 N–H and O–H groups in total. The van der Waals surface area contributed by atoms with Crippen LogP contribution in [0.1, 0.15) is 85.6 Å². The summed E-state index contributed by atoms with van der Waals surface area (Å²) in [6.07, 6.45) is 12.0. The third-order valence-corrected chi connectivity index (χ3v) is 6.23. The summed E-state index contributed by atoms with van der Waals surface area (Å²) in [4.78, 5) is 23.1. The smallest absolute Gasteiger partial charge is 0.309 e. The summed E-state index contributed by atoms with van der Waals surface area (Å²) in [5.41, 5.74) is 1.15. The van der Waals surface area contributed by atoms with E-state index in [0.29, 0.717) is 12.5 Å². The lowest BCUT2D eigenvalue weighted by Gasteiger charge is -2.14. The van der Waals surface area contributed by atoms with Crippen LogP contribution in [0.3, 0.4) is 0 Å². The number of aromatic nitrogens is 1. The standard InChI is InChI=1S/C18H17NO2.C6H12O2.C4H10/c20-15-9-5-12(6-10-15)16-11-13-3-1-2-4-17(13)19(18(16)21)14-7-8-14;1-4-6(2,3)5(7)8;1-3-4-2/h3-6,9-11,14,20H,1-2,7-8H2;4H2,1-3H3,(H,7,8);3-4H2,1-2H3. The van der Waals surface area contributed by atoms with Crippen molar-refractivity contribution in [1.82, 2.24) is 4.57 Å². The number of pyridine rings is 1. The van der Waals surface area contributed by atoms with Gasteiger partial charge in [0.2, 0.25) is 0 Å². The number of carbonyl (C=O) groups is 1. The van der Waals surface area contributed by atoms with Crippen LogP contribution in [0, 0.1) is 5.41 Å². The minimum absolute atomic E-state index is 0.0912. The first kappa shape index (κ1) is 26.4. The number of aromatic hydroxyl groups is 1. The molecule has 1 heterocycles. The Balaban J connectivity index is 0.000000270. The van der Waals surface area contributed by atoms with Crippen molar-refractivity contribution in [2.24, 2.45) is 5.41 Å². The second-order valence-corrected chi connectivity index (χ2v) is 9.38. The van der Waals surface area contributed by atoms with E-state index in [4.69, 9.17) is 5.11 Å². The lowest BCUT2D eigenvalue weighted by molar-refractivity contribution is -0.147. The van der Waals surface area contributed by atoms with Gasteiger partial charge in [-0.3, -0.25) is 9.59 Å². The van der Waals surface area contributed by atoms with Gasteiger partial charge in [0, 0.05) is 17.0 Å². The number of carboxylic acids is 1. The zero-order chi connectivity index (χ0) is 24.6. The van der Waals surface area contributed by atoms with Crippen LogP contribution in [0.5, 0.6) is 5.75 Å². The molecule has 2 aliphatic rings. The minimum Gasteiger partial charge on any atom is -0.508 e. The molecule has 0 amide bonds. The number of rotatable bonds is 5. The first-order chi connectivity index (χ1) is 15.7. The molecule has 0 spiro atoms. The van der Waals surface area contributed by atoms with Crippen LogP contribution in [-0.4, -0.2) is 20.7 Å². The average molecular weight is 454 g/mol. The maximum atomic E-state index is 12.9. The summed E-state index contributed by atoms with van der Waals surface area (Å²) >= 11 is 0. The first-order valence-corrected chi connectivity index (χ1v) is 12.1. The van der Waals surface area contributed by atoms with Crippen LogP contribution < -0.4 is 16.1 Å². The number of benzene rings is 1. The zero-order valence-electron chi connectivity index (χ0n) is 20.7. The van der Waals surface area contributed by atoms with Crippen LogP contribution in [0.4, 0.5) is 0 Å². The molecule has 5 nitrogen and oxygen atoms in total. The number of nitrogens with zero attached hydrogens (tertiary/aromatic N) is 1. The van der Waals surface area contributed by atoms with Crippen LogP contribution in [0.15, 0.2) is 35.1 Å². The lowest BCUT2D eigenvalue weighted by Crippen LogP contribution is -2.44. The highest BCUT2D eigenvalue weighted by molar-refractivity contribution is 5.73. The number of phenolic OH excluding ortho intramolecular Hbond substituents is 1. The zero-order valence-corrected chi connectivity index (χ0v) is 20.7. The lowest BCUT2D eigenvalue weighted by atomic mass is 9.91. The SMILES string of the molecule is CCC(C)(C)C(=O)O.CCCC.O=c1c(-c2ccc(O)cc2)cc2c(n1C1CC1)=CCCC=2. The number of carboxylic acid groups (broad SMARTS) is 1. The molecule has 33 heavy (non-hydrogen) atoms. The third-order valence-electron chi connectivity index (χ3n) is 6.23. The van der Waals surface area contributed by atoms with Crippen LogP contribution in [0.25, 0.3) is 23.3 Å². The van der Waals surface area contributed by atoms with E-state index >= 15 is 0 Å². The van der Waals surface area contributed by atoms with Crippen molar-refractivity contribution in [3.05, 3.63) is 51.3 Å². The van der Waals surface area contributed by atoms with Gasteiger partial charge in [-0.05, 0) is 74.9 Å². The summed E-state index contributed by atoms with van der Waals surface area (Å²) in [6.45, 7) is 9.67. The molecule has 180 valence electrons. The van der Waals surface area contributed by atoms with E-state index in [1.165, 1.54) is 12.8 Å². The Morgan fingerprint density at radius 2 is 1.61 bits per heavy atom. The summed E-state index contributed by atoms with van der Waals surface area (Å²) in [6, 6.07) is 9.24. The molecule has 1 saturated carbocycles. The molecule has 1 aromatic carbocycles. The first-order valence-electron chi connectivity index (χ1n) is 12.1. The fraction of sp³-hybridized carbons (Fsp3) is 0.500. The number of hydrogen-bond donors (Lipinski definition) is 2. The Morgan fingerprint density at radius 3 is 2.06 bits per heavy atom. The van der Waals surface area contributed by atoms with Gasteiger partial charge in [0.1, 0.15) is 5.75 Å². The summed E-state index contributed by atoms with van der Waals surface area (Å²) in [7, 11) is 0. The summed E-state index contributed by atoms with van der Waals surface area (Å²) in [5, 5.41) is 20.1.